The van der Waals surface area contributed by atoms with Gasteiger partial charge in [0.25, 0.3) is 0 Å². The second-order valence-corrected chi connectivity index (χ2v) is 8.54. The van der Waals surface area contributed by atoms with Crippen molar-refractivity contribution in [3.05, 3.63) is 107 Å². The van der Waals surface area contributed by atoms with Gasteiger partial charge in [-0.05, 0) is 41.8 Å². The predicted octanol–water partition coefficient (Wildman–Crippen LogP) is 5.54. The van der Waals surface area contributed by atoms with Crippen molar-refractivity contribution >= 4 is 34.5 Å². The van der Waals surface area contributed by atoms with Gasteiger partial charge in [-0.2, -0.15) is 0 Å². The first-order valence-corrected chi connectivity index (χ1v) is 11.5. The molecule has 3 aromatic carbocycles. The summed E-state index contributed by atoms with van der Waals surface area (Å²) in [6, 6.07) is 23.6. The van der Waals surface area contributed by atoms with E-state index in [-0.39, 0.29) is 18.6 Å². The molecule has 1 heterocycles. The lowest BCUT2D eigenvalue weighted by molar-refractivity contribution is -0.123. The average Bonchev–Trinajstić information content (AvgIpc) is 3.26. The molecule has 4 rings (SSSR count). The summed E-state index contributed by atoms with van der Waals surface area (Å²) in [4.78, 5) is 29.1. The van der Waals surface area contributed by atoms with Crippen molar-refractivity contribution < 1.29 is 14.3 Å². The number of carbonyl (C=O) groups is 2. The molecule has 0 aliphatic heterocycles. The third-order valence-electron chi connectivity index (χ3n) is 5.62. The van der Waals surface area contributed by atoms with Gasteiger partial charge in [0.2, 0.25) is 5.91 Å². The fraction of sp³-hybridized carbons (Fsp3) is 0.185. The molecule has 0 saturated carbocycles. The Morgan fingerprint density at radius 1 is 0.971 bits per heavy atom. The van der Waals surface area contributed by atoms with E-state index in [9.17, 15) is 9.59 Å². The van der Waals surface area contributed by atoms with Gasteiger partial charge in [0, 0.05) is 28.5 Å². The number of aromatic nitrogens is 1. The lowest BCUT2D eigenvalue weighted by Gasteiger charge is -2.21. The van der Waals surface area contributed by atoms with Crippen molar-refractivity contribution in [2.24, 2.45) is 0 Å². The van der Waals surface area contributed by atoms with Crippen molar-refractivity contribution in [3.63, 3.8) is 0 Å². The van der Waals surface area contributed by atoms with E-state index in [1.165, 1.54) is 0 Å². The van der Waals surface area contributed by atoms with Gasteiger partial charge in [0.15, 0.2) is 0 Å². The van der Waals surface area contributed by atoms with Gasteiger partial charge in [0.05, 0.1) is 6.04 Å². The maximum absolute atomic E-state index is 13.2. The van der Waals surface area contributed by atoms with Crippen LogP contribution in [0.3, 0.4) is 0 Å². The highest BCUT2D eigenvalue weighted by Crippen LogP contribution is 2.20. The Balaban J connectivity index is 1.48. The number of benzene rings is 3. The van der Waals surface area contributed by atoms with Crippen LogP contribution in [0.5, 0.6) is 0 Å². The van der Waals surface area contributed by atoms with Crippen molar-refractivity contribution in [3.8, 4) is 0 Å². The van der Waals surface area contributed by atoms with Crippen molar-refractivity contribution in [1.29, 1.82) is 0 Å². The molecule has 174 valence electrons. The molecule has 0 fully saturated rings. The number of carbonyl (C=O) groups excluding carboxylic acids is 2. The van der Waals surface area contributed by atoms with Crippen LogP contribution >= 0.6 is 11.6 Å². The summed E-state index contributed by atoms with van der Waals surface area (Å²) in [5.74, 6) is -0.290. The quantitative estimate of drug-likeness (QED) is 0.313. The number of rotatable bonds is 8. The highest BCUT2D eigenvalue weighted by molar-refractivity contribution is 6.30. The van der Waals surface area contributed by atoms with E-state index >= 15 is 0 Å². The van der Waals surface area contributed by atoms with Crippen LogP contribution < -0.4 is 10.6 Å². The van der Waals surface area contributed by atoms with Crippen molar-refractivity contribution in [2.45, 2.75) is 32.0 Å². The second-order valence-electron chi connectivity index (χ2n) is 8.11. The zero-order chi connectivity index (χ0) is 23.9. The third kappa shape index (κ3) is 5.97. The number of halogens is 1. The predicted molar refractivity (Wildman–Crippen MR) is 134 cm³/mol. The van der Waals surface area contributed by atoms with Crippen LogP contribution in [-0.4, -0.2) is 23.0 Å². The van der Waals surface area contributed by atoms with E-state index < -0.39 is 12.1 Å². The fourth-order valence-electron chi connectivity index (χ4n) is 3.83. The van der Waals surface area contributed by atoms with E-state index in [1.54, 1.807) is 18.2 Å². The van der Waals surface area contributed by atoms with Crippen LogP contribution in [-0.2, 0) is 22.6 Å². The minimum absolute atomic E-state index is 0.0498. The SMILES string of the molecule is C[C@H](NC(=O)[C@@H](Cc1c[nH]c2ccccc12)NC(=O)OCc1cccc(Cl)c1)c1ccccc1. The summed E-state index contributed by atoms with van der Waals surface area (Å²) in [6.07, 6.45) is 1.50. The van der Waals surface area contributed by atoms with Crippen molar-refractivity contribution in [1.82, 2.24) is 15.6 Å². The normalized spacial score (nSPS) is 12.6. The van der Waals surface area contributed by atoms with Gasteiger partial charge in [0.1, 0.15) is 12.6 Å². The lowest BCUT2D eigenvalue weighted by atomic mass is 10.0. The molecule has 0 bridgehead atoms. The number of para-hydroxylation sites is 1. The Morgan fingerprint density at radius 3 is 2.53 bits per heavy atom. The molecule has 6 nitrogen and oxygen atoms in total. The first-order valence-electron chi connectivity index (χ1n) is 11.1. The maximum atomic E-state index is 13.2. The number of alkyl carbamates (subject to hydrolysis) is 1. The summed E-state index contributed by atoms with van der Waals surface area (Å²) in [6.45, 7) is 1.96. The van der Waals surface area contributed by atoms with Gasteiger partial charge in [-0.15, -0.1) is 0 Å². The number of hydrogen-bond donors (Lipinski definition) is 3. The van der Waals surface area contributed by atoms with Crippen LogP contribution in [0, 0.1) is 0 Å². The van der Waals surface area contributed by atoms with E-state index in [4.69, 9.17) is 16.3 Å². The van der Waals surface area contributed by atoms with Crippen LogP contribution in [0.25, 0.3) is 10.9 Å². The molecule has 2 amide bonds. The van der Waals surface area contributed by atoms with Gasteiger partial charge < -0.3 is 20.4 Å². The number of hydrogen-bond acceptors (Lipinski definition) is 3. The summed E-state index contributed by atoms with van der Waals surface area (Å²) in [5.41, 5.74) is 3.64. The molecule has 3 N–H and O–H groups in total. The molecule has 0 aliphatic carbocycles. The Bertz CT molecular complexity index is 1270. The highest BCUT2D eigenvalue weighted by atomic mass is 35.5. The summed E-state index contributed by atoms with van der Waals surface area (Å²) in [5, 5.41) is 7.32. The Morgan fingerprint density at radius 2 is 1.74 bits per heavy atom. The van der Waals surface area contributed by atoms with E-state index in [0.29, 0.717) is 11.4 Å². The summed E-state index contributed by atoms with van der Waals surface area (Å²) >= 11 is 6.00. The molecule has 0 saturated heterocycles. The molecular weight excluding hydrogens is 450 g/mol. The third-order valence-corrected chi connectivity index (χ3v) is 5.86. The van der Waals surface area contributed by atoms with E-state index in [2.05, 4.69) is 15.6 Å². The van der Waals surface area contributed by atoms with Gasteiger partial charge >= 0.3 is 6.09 Å². The smallest absolute Gasteiger partial charge is 0.408 e. The monoisotopic (exact) mass is 475 g/mol. The molecule has 0 unspecified atom stereocenters. The lowest BCUT2D eigenvalue weighted by Crippen LogP contribution is -2.48. The second kappa shape index (κ2) is 10.9. The molecule has 2 atom stereocenters. The molecule has 1 aromatic heterocycles. The van der Waals surface area contributed by atoms with Gasteiger partial charge in [-0.1, -0.05) is 72.3 Å². The highest BCUT2D eigenvalue weighted by Gasteiger charge is 2.25. The molecule has 0 spiro atoms. The largest absolute Gasteiger partial charge is 0.445 e. The van der Waals surface area contributed by atoms with Crippen molar-refractivity contribution in [2.75, 3.05) is 0 Å². The maximum Gasteiger partial charge on any atom is 0.408 e. The van der Waals surface area contributed by atoms with Crippen LogP contribution in [0.15, 0.2) is 85.1 Å². The van der Waals surface area contributed by atoms with Gasteiger partial charge in [-0.3, -0.25) is 4.79 Å². The molecule has 0 aliphatic rings. The van der Waals surface area contributed by atoms with E-state index in [1.807, 2.05) is 73.8 Å². The van der Waals surface area contributed by atoms with Crippen LogP contribution in [0.1, 0.15) is 29.7 Å². The molecule has 7 heteroatoms. The van der Waals surface area contributed by atoms with E-state index in [0.717, 1.165) is 27.6 Å². The number of amides is 2. The summed E-state index contributed by atoms with van der Waals surface area (Å²) in [7, 11) is 0. The first-order chi connectivity index (χ1) is 16.5. The first kappa shape index (κ1) is 23.4. The van der Waals surface area contributed by atoms with Gasteiger partial charge in [-0.25, -0.2) is 4.79 Å². The Labute approximate surface area is 203 Å². The average molecular weight is 476 g/mol. The number of H-pyrrole nitrogens is 1. The number of aromatic amines is 1. The minimum Gasteiger partial charge on any atom is -0.445 e. The van der Waals surface area contributed by atoms with Crippen LogP contribution in [0.2, 0.25) is 5.02 Å². The molecular formula is C27H26ClN3O3. The number of nitrogens with one attached hydrogen (secondary N) is 3. The molecule has 34 heavy (non-hydrogen) atoms. The standard InChI is InChI=1S/C27H26ClN3O3/c1-18(20-9-3-2-4-10-20)30-26(32)25(15-21-16-29-24-13-6-5-12-23(21)24)31-27(33)34-17-19-8-7-11-22(28)14-19/h2-14,16,18,25,29H,15,17H2,1H3,(H,30,32)(H,31,33)/t18-,25+/m0/s1. The zero-order valence-electron chi connectivity index (χ0n) is 18.8. The Kier molecular flexibility index (Phi) is 7.50. The number of fused-ring (bicyclic) bond motifs is 1. The van der Waals surface area contributed by atoms with Crippen LogP contribution in [0.4, 0.5) is 4.79 Å². The minimum atomic E-state index is -0.822. The summed E-state index contributed by atoms with van der Waals surface area (Å²) < 4.78 is 5.36. The topological polar surface area (TPSA) is 83.2 Å². The zero-order valence-corrected chi connectivity index (χ0v) is 19.5. The Hall–Kier alpha value is -3.77. The molecule has 4 aromatic rings. The number of ether oxygens (including phenoxy) is 1. The fourth-order valence-corrected chi connectivity index (χ4v) is 4.04. The molecule has 0 radical (unpaired) electrons.